The molecule has 0 aromatic heterocycles. The van der Waals surface area contributed by atoms with Gasteiger partial charge in [-0.1, -0.05) is 43.7 Å². The van der Waals surface area contributed by atoms with Crippen molar-refractivity contribution in [2.75, 3.05) is 13.2 Å². The SMILES string of the molecule is CC1=C(C(=O)OC[C@@H]2CCCO2)[C@@H](c2cccc(C)c2)C2=C(CC(C)(C)CC2=O)N1. The second-order valence-electron chi connectivity index (χ2n) is 9.58. The van der Waals surface area contributed by atoms with Crippen molar-refractivity contribution >= 4 is 11.8 Å². The van der Waals surface area contributed by atoms with Gasteiger partial charge in [-0.05, 0) is 44.1 Å². The molecule has 0 unspecified atom stereocenters. The molecule has 5 nitrogen and oxygen atoms in total. The van der Waals surface area contributed by atoms with E-state index in [1.807, 2.05) is 32.0 Å². The molecule has 5 heteroatoms. The van der Waals surface area contributed by atoms with E-state index in [1.165, 1.54) is 0 Å². The van der Waals surface area contributed by atoms with Crippen molar-refractivity contribution in [2.45, 2.75) is 65.4 Å². The van der Waals surface area contributed by atoms with E-state index in [1.54, 1.807) is 0 Å². The van der Waals surface area contributed by atoms with Gasteiger partial charge in [0, 0.05) is 35.9 Å². The molecule has 0 radical (unpaired) electrons. The lowest BCUT2D eigenvalue weighted by molar-refractivity contribution is -0.142. The third kappa shape index (κ3) is 4.08. The lowest BCUT2D eigenvalue weighted by Gasteiger charge is -2.39. The quantitative estimate of drug-likeness (QED) is 0.750. The number of hydrogen-bond donors (Lipinski definition) is 1. The first kappa shape index (κ1) is 20.9. The number of aryl methyl sites for hydroxylation is 1. The molecule has 2 atom stereocenters. The van der Waals surface area contributed by atoms with E-state index in [9.17, 15) is 9.59 Å². The Bertz CT molecular complexity index is 934. The maximum Gasteiger partial charge on any atom is 0.336 e. The van der Waals surface area contributed by atoms with Crippen molar-refractivity contribution in [1.29, 1.82) is 0 Å². The summed E-state index contributed by atoms with van der Waals surface area (Å²) in [6.07, 6.45) is 3.14. The van der Waals surface area contributed by atoms with Gasteiger partial charge in [-0.15, -0.1) is 0 Å². The van der Waals surface area contributed by atoms with Crippen molar-refractivity contribution in [3.8, 4) is 0 Å². The average molecular weight is 410 g/mol. The second-order valence-corrected chi connectivity index (χ2v) is 9.58. The average Bonchev–Trinajstić information content (AvgIpc) is 3.17. The van der Waals surface area contributed by atoms with Crippen molar-refractivity contribution in [2.24, 2.45) is 5.41 Å². The maximum atomic E-state index is 13.3. The normalized spacial score (nSPS) is 25.8. The third-order valence-electron chi connectivity index (χ3n) is 6.26. The number of dihydropyridines is 1. The molecule has 0 amide bonds. The van der Waals surface area contributed by atoms with Gasteiger partial charge in [0.15, 0.2) is 5.78 Å². The lowest BCUT2D eigenvalue weighted by Crippen LogP contribution is -2.39. The molecule has 1 fully saturated rings. The number of nitrogens with one attached hydrogen (secondary N) is 1. The van der Waals surface area contributed by atoms with E-state index in [0.717, 1.165) is 54.0 Å². The first-order valence-corrected chi connectivity index (χ1v) is 10.8. The monoisotopic (exact) mass is 409 g/mol. The minimum absolute atomic E-state index is 0.0317. The molecular formula is C25H31NO4. The van der Waals surface area contributed by atoms with Crippen LogP contribution in [0.15, 0.2) is 46.8 Å². The standard InChI is InChI=1S/C25H31NO4/c1-15-7-5-8-17(11-15)22-21(24(28)30-14-18-9-6-10-29-18)16(2)26-19-12-25(3,4)13-20(27)23(19)22/h5,7-8,11,18,22,26H,6,9-10,12-14H2,1-4H3/t18-,22+/m0/s1. The lowest BCUT2D eigenvalue weighted by atomic mass is 9.68. The van der Waals surface area contributed by atoms with Crippen LogP contribution in [0.1, 0.15) is 63.5 Å². The van der Waals surface area contributed by atoms with Crippen LogP contribution in [0.5, 0.6) is 0 Å². The zero-order valence-corrected chi connectivity index (χ0v) is 18.3. The topological polar surface area (TPSA) is 64.6 Å². The van der Waals surface area contributed by atoms with Gasteiger partial charge >= 0.3 is 5.97 Å². The molecule has 1 saturated heterocycles. The van der Waals surface area contributed by atoms with Crippen LogP contribution in [0.2, 0.25) is 0 Å². The van der Waals surface area contributed by atoms with Crippen LogP contribution in [0, 0.1) is 12.3 Å². The fourth-order valence-corrected chi connectivity index (χ4v) is 4.91. The van der Waals surface area contributed by atoms with Crippen LogP contribution in [0.4, 0.5) is 0 Å². The first-order valence-electron chi connectivity index (χ1n) is 10.8. The zero-order chi connectivity index (χ0) is 21.5. The van der Waals surface area contributed by atoms with E-state index in [2.05, 4.69) is 25.2 Å². The van der Waals surface area contributed by atoms with Gasteiger partial charge < -0.3 is 14.8 Å². The third-order valence-corrected chi connectivity index (χ3v) is 6.26. The minimum atomic E-state index is -0.401. The summed E-state index contributed by atoms with van der Waals surface area (Å²) in [7, 11) is 0. The Morgan fingerprint density at radius 3 is 2.77 bits per heavy atom. The highest BCUT2D eigenvalue weighted by molar-refractivity contribution is 6.04. The largest absolute Gasteiger partial charge is 0.459 e. The number of rotatable bonds is 4. The summed E-state index contributed by atoms with van der Waals surface area (Å²) in [6, 6.07) is 8.07. The molecular weight excluding hydrogens is 378 g/mol. The van der Waals surface area contributed by atoms with Crippen LogP contribution in [-0.2, 0) is 19.1 Å². The highest BCUT2D eigenvalue weighted by Crippen LogP contribution is 2.46. The molecule has 0 spiro atoms. The summed E-state index contributed by atoms with van der Waals surface area (Å²) in [4.78, 5) is 26.5. The summed E-state index contributed by atoms with van der Waals surface area (Å²) >= 11 is 0. The van der Waals surface area contributed by atoms with Gasteiger partial charge in [0.05, 0.1) is 11.7 Å². The highest BCUT2D eigenvalue weighted by Gasteiger charge is 2.43. The fraction of sp³-hybridized carbons (Fsp3) is 0.520. The molecule has 4 rings (SSSR count). The molecule has 2 heterocycles. The summed E-state index contributed by atoms with van der Waals surface area (Å²) in [6.45, 7) is 9.13. The van der Waals surface area contributed by atoms with E-state index in [-0.39, 0.29) is 29.9 Å². The number of Topliss-reactive ketones (excluding diaryl/α,β-unsaturated/α-hetero) is 1. The number of carbonyl (C=O) groups is 2. The Morgan fingerprint density at radius 2 is 2.07 bits per heavy atom. The van der Waals surface area contributed by atoms with Crippen LogP contribution in [-0.4, -0.2) is 31.1 Å². The van der Waals surface area contributed by atoms with E-state index in [0.29, 0.717) is 12.0 Å². The Labute approximate surface area is 178 Å². The first-order chi connectivity index (χ1) is 14.2. The van der Waals surface area contributed by atoms with Gasteiger partial charge in [0.1, 0.15) is 6.61 Å². The van der Waals surface area contributed by atoms with Crippen LogP contribution >= 0.6 is 0 Å². The summed E-state index contributed by atoms with van der Waals surface area (Å²) in [5.41, 5.74) is 4.92. The number of carbonyl (C=O) groups excluding carboxylic acids is 2. The molecule has 1 N–H and O–H groups in total. The Balaban J connectivity index is 1.72. The van der Waals surface area contributed by atoms with Crippen molar-refractivity contribution < 1.29 is 19.1 Å². The van der Waals surface area contributed by atoms with Crippen molar-refractivity contribution in [3.05, 3.63) is 57.9 Å². The number of ketones is 1. The van der Waals surface area contributed by atoms with E-state index < -0.39 is 5.92 Å². The van der Waals surface area contributed by atoms with Crippen molar-refractivity contribution in [1.82, 2.24) is 5.32 Å². The van der Waals surface area contributed by atoms with Crippen LogP contribution < -0.4 is 5.32 Å². The second kappa shape index (κ2) is 8.03. The number of allylic oxidation sites excluding steroid dienone is 3. The zero-order valence-electron chi connectivity index (χ0n) is 18.3. The molecule has 2 aliphatic heterocycles. The number of benzene rings is 1. The van der Waals surface area contributed by atoms with Gasteiger partial charge in [-0.3, -0.25) is 4.79 Å². The molecule has 3 aliphatic rings. The summed E-state index contributed by atoms with van der Waals surface area (Å²) in [5.74, 6) is -0.662. The van der Waals surface area contributed by atoms with Crippen LogP contribution in [0.3, 0.4) is 0 Å². The number of hydrogen-bond acceptors (Lipinski definition) is 5. The Hall–Kier alpha value is -2.40. The summed E-state index contributed by atoms with van der Waals surface area (Å²) in [5, 5.41) is 3.38. The molecule has 1 aromatic carbocycles. The van der Waals surface area contributed by atoms with Crippen molar-refractivity contribution in [3.63, 3.8) is 0 Å². The minimum Gasteiger partial charge on any atom is -0.459 e. The Kier molecular flexibility index (Phi) is 5.58. The molecule has 1 aromatic rings. The predicted molar refractivity (Wildman–Crippen MR) is 115 cm³/mol. The van der Waals surface area contributed by atoms with Gasteiger partial charge in [-0.2, -0.15) is 0 Å². The number of esters is 1. The molecule has 160 valence electrons. The maximum absolute atomic E-state index is 13.3. The smallest absolute Gasteiger partial charge is 0.336 e. The van der Waals surface area contributed by atoms with Crippen LogP contribution in [0.25, 0.3) is 0 Å². The fourth-order valence-electron chi connectivity index (χ4n) is 4.91. The van der Waals surface area contributed by atoms with E-state index in [4.69, 9.17) is 9.47 Å². The highest BCUT2D eigenvalue weighted by atomic mass is 16.6. The molecule has 0 bridgehead atoms. The van der Waals surface area contributed by atoms with Gasteiger partial charge in [0.2, 0.25) is 0 Å². The summed E-state index contributed by atoms with van der Waals surface area (Å²) < 4.78 is 11.3. The number of ether oxygens (including phenoxy) is 2. The van der Waals surface area contributed by atoms with Gasteiger partial charge in [-0.25, -0.2) is 4.79 Å². The molecule has 1 aliphatic carbocycles. The van der Waals surface area contributed by atoms with Gasteiger partial charge in [0.25, 0.3) is 0 Å². The molecule has 30 heavy (non-hydrogen) atoms. The van der Waals surface area contributed by atoms with E-state index >= 15 is 0 Å². The predicted octanol–water partition coefficient (Wildman–Crippen LogP) is 4.32. The Morgan fingerprint density at radius 1 is 1.27 bits per heavy atom. The molecule has 0 saturated carbocycles.